The van der Waals surface area contributed by atoms with Crippen molar-refractivity contribution in [3.05, 3.63) is 88.7 Å². The van der Waals surface area contributed by atoms with E-state index in [9.17, 15) is 14.0 Å². The SMILES string of the molecule is CCOc1cc(/C=N/NC(=O)C(=O)Nc2ccc(Cl)cc2)ccc1OCc1ccccc1F. The van der Waals surface area contributed by atoms with Crippen molar-refractivity contribution in [3.8, 4) is 11.5 Å². The van der Waals surface area contributed by atoms with Crippen LogP contribution in [0.3, 0.4) is 0 Å². The highest BCUT2D eigenvalue weighted by molar-refractivity contribution is 6.39. The zero-order valence-electron chi connectivity index (χ0n) is 17.7. The Morgan fingerprint density at radius 1 is 1.00 bits per heavy atom. The fourth-order valence-corrected chi connectivity index (χ4v) is 2.83. The summed E-state index contributed by atoms with van der Waals surface area (Å²) in [5, 5.41) is 6.75. The van der Waals surface area contributed by atoms with Gasteiger partial charge in [0.25, 0.3) is 0 Å². The number of hydrogen-bond acceptors (Lipinski definition) is 5. The molecule has 0 radical (unpaired) electrons. The van der Waals surface area contributed by atoms with Crippen LogP contribution >= 0.6 is 11.6 Å². The number of nitrogens with zero attached hydrogens (tertiary/aromatic N) is 1. The molecule has 0 unspecified atom stereocenters. The molecule has 3 rings (SSSR count). The molecule has 0 spiro atoms. The fourth-order valence-electron chi connectivity index (χ4n) is 2.70. The molecule has 0 aliphatic rings. The van der Waals surface area contributed by atoms with Crippen LogP contribution in [-0.2, 0) is 16.2 Å². The predicted molar refractivity (Wildman–Crippen MR) is 124 cm³/mol. The van der Waals surface area contributed by atoms with E-state index >= 15 is 0 Å². The molecule has 3 aromatic rings. The largest absolute Gasteiger partial charge is 0.490 e. The van der Waals surface area contributed by atoms with Crippen molar-refractivity contribution in [2.24, 2.45) is 5.10 Å². The third-order valence-electron chi connectivity index (χ3n) is 4.30. The van der Waals surface area contributed by atoms with Gasteiger partial charge in [0.05, 0.1) is 12.8 Å². The summed E-state index contributed by atoms with van der Waals surface area (Å²) in [4.78, 5) is 23.9. The number of benzene rings is 3. The summed E-state index contributed by atoms with van der Waals surface area (Å²) in [6.07, 6.45) is 1.36. The molecule has 0 saturated carbocycles. The second kappa shape index (κ2) is 11.6. The molecular weight excluding hydrogens is 449 g/mol. The molecule has 170 valence electrons. The number of carbonyl (C=O) groups is 2. The van der Waals surface area contributed by atoms with Gasteiger partial charge in [-0.25, -0.2) is 9.82 Å². The maximum atomic E-state index is 13.8. The van der Waals surface area contributed by atoms with Crippen LogP contribution in [0.5, 0.6) is 11.5 Å². The molecule has 0 fully saturated rings. The molecule has 2 N–H and O–H groups in total. The van der Waals surface area contributed by atoms with Gasteiger partial charge in [-0.3, -0.25) is 9.59 Å². The molecule has 0 atom stereocenters. The van der Waals surface area contributed by atoms with Gasteiger partial charge in [0.1, 0.15) is 12.4 Å². The molecule has 0 bridgehead atoms. The van der Waals surface area contributed by atoms with E-state index < -0.39 is 11.8 Å². The number of hydrazone groups is 1. The Kier molecular flexibility index (Phi) is 8.37. The summed E-state index contributed by atoms with van der Waals surface area (Å²) in [6, 6.07) is 17.7. The first kappa shape index (κ1) is 23.7. The summed E-state index contributed by atoms with van der Waals surface area (Å²) in [5.74, 6) is -1.29. The lowest BCUT2D eigenvalue weighted by molar-refractivity contribution is -0.136. The number of hydrogen-bond donors (Lipinski definition) is 2. The van der Waals surface area contributed by atoms with E-state index in [0.29, 0.717) is 39.9 Å². The van der Waals surface area contributed by atoms with Gasteiger partial charge in [-0.2, -0.15) is 5.10 Å². The molecule has 7 nitrogen and oxygen atoms in total. The molecule has 3 aromatic carbocycles. The third kappa shape index (κ3) is 7.05. The average molecular weight is 470 g/mol. The number of ether oxygens (including phenoxy) is 2. The van der Waals surface area contributed by atoms with Crippen LogP contribution in [0.15, 0.2) is 71.8 Å². The fraction of sp³-hybridized carbons (Fsp3) is 0.125. The van der Waals surface area contributed by atoms with E-state index in [-0.39, 0.29) is 12.4 Å². The number of rotatable bonds is 8. The van der Waals surface area contributed by atoms with Crippen molar-refractivity contribution in [1.82, 2.24) is 5.43 Å². The van der Waals surface area contributed by atoms with Crippen LogP contribution in [0.2, 0.25) is 5.02 Å². The molecular formula is C24H21ClFN3O4. The van der Waals surface area contributed by atoms with Gasteiger partial charge in [0, 0.05) is 16.3 Å². The molecule has 33 heavy (non-hydrogen) atoms. The molecule has 0 aromatic heterocycles. The van der Waals surface area contributed by atoms with Crippen molar-refractivity contribution in [3.63, 3.8) is 0 Å². The van der Waals surface area contributed by atoms with Gasteiger partial charge in [-0.1, -0.05) is 29.8 Å². The maximum absolute atomic E-state index is 13.8. The minimum Gasteiger partial charge on any atom is -0.490 e. The third-order valence-corrected chi connectivity index (χ3v) is 4.55. The lowest BCUT2D eigenvalue weighted by Crippen LogP contribution is -2.32. The molecule has 9 heteroatoms. The van der Waals surface area contributed by atoms with Gasteiger partial charge in [-0.15, -0.1) is 0 Å². The highest BCUT2D eigenvalue weighted by atomic mass is 35.5. The Hall–Kier alpha value is -3.91. The summed E-state index contributed by atoms with van der Waals surface area (Å²) < 4.78 is 25.1. The smallest absolute Gasteiger partial charge is 0.329 e. The first-order chi connectivity index (χ1) is 16.0. The number of amides is 2. The Bertz CT molecular complexity index is 1150. The van der Waals surface area contributed by atoms with E-state index in [1.807, 2.05) is 6.92 Å². The highest BCUT2D eigenvalue weighted by Crippen LogP contribution is 2.29. The molecule has 2 amide bonds. The Morgan fingerprint density at radius 3 is 2.48 bits per heavy atom. The average Bonchev–Trinajstić information content (AvgIpc) is 2.81. The summed E-state index contributed by atoms with van der Waals surface area (Å²) in [5.41, 5.74) is 3.60. The van der Waals surface area contributed by atoms with Crippen molar-refractivity contribution in [2.75, 3.05) is 11.9 Å². The number of anilines is 1. The van der Waals surface area contributed by atoms with Crippen LogP contribution < -0.4 is 20.2 Å². The van der Waals surface area contributed by atoms with E-state index in [1.54, 1.807) is 60.7 Å². The van der Waals surface area contributed by atoms with E-state index in [1.165, 1.54) is 12.3 Å². The van der Waals surface area contributed by atoms with Crippen LogP contribution in [0.1, 0.15) is 18.1 Å². The van der Waals surface area contributed by atoms with Gasteiger partial charge < -0.3 is 14.8 Å². The number of carbonyl (C=O) groups excluding carboxylic acids is 2. The summed E-state index contributed by atoms with van der Waals surface area (Å²) >= 11 is 5.79. The van der Waals surface area contributed by atoms with Crippen LogP contribution in [0.25, 0.3) is 0 Å². The first-order valence-corrected chi connectivity index (χ1v) is 10.4. The lowest BCUT2D eigenvalue weighted by Gasteiger charge is -2.13. The van der Waals surface area contributed by atoms with Gasteiger partial charge in [0.2, 0.25) is 0 Å². The standard InChI is InChI=1S/C24H21ClFN3O4/c1-2-32-22-13-16(7-12-21(22)33-15-17-5-3-4-6-20(17)26)14-27-29-24(31)23(30)28-19-10-8-18(25)9-11-19/h3-14H,2,15H2,1H3,(H,28,30)(H,29,31)/b27-14+. The minimum atomic E-state index is -0.934. The number of halogens is 2. The van der Waals surface area contributed by atoms with Crippen molar-refractivity contribution in [1.29, 1.82) is 0 Å². The Balaban J connectivity index is 1.59. The van der Waals surface area contributed by atoms with Crippen LogP contribution in [0.4, 0.5) is 10.1 Å². The van der Waals surface area contributed by atoms with E-state index in [2.05, 4.69) is 15.8 Å². The quantitative estimate of drug-likeness (QED) is 0.288. The van der Waals surface area contributed by atoms with Gasteiger partial charge >= 0.3 is 11.8 Å². The van der Waals surface area contributed by atoms with Crippen molar-refractivity contribution in [2.45, 2.75) is 13.5 Å². The maximum Gasteiger partial charge on any atom is 0.329 e. The summed E-state index contributed by atoms with van der Waals surface area (Å²) in [6.45, 7) is 2.25. The second-order valence-corrected chi connectivity index (χ2v) is 7.12. The Labute approximate surface area is 195 Å². The topological polar surface area (TPSA) is 89.0 Å². The minimum absolute atomic E-state index is 0.0406. The summed E-state index contributed by atoms with van der Waals surface area (Å²) in [7, 11) is 0. The van der Waals surface area contributed by atoms with E-state index in [0.717, 1.165) is 0 Å². The lowest BCUT2D eigenvalue weighted by atomic mass is 10.2. The van der Waals surface area contributed by atoms with Crippen LogP contribution in [-0.4, -0.2) is 24.6 Å². The first-order valence-electron chi connectivity index (χ1n) is 9.99. The van der Waals surface area contributed by atoms with Crippen molar-refractivity contribution < 1.29 is 23.5 Å². The molecule has 0 aliphatic heterocycles. The van der Waals surface area contributed by atoms with E-state index in [4.69, 9.17) is 21.1 Å². The normalized spacial score (nSPS) is 10.6. The Morgan fingerprint density at radius 2 is 1.76 bits per heavy atom. The number of nitrogens with one attached hydrogen (secondary N) is 2. The van der Waals surface area contributed by atoms with Gasteiger partial charge in [-0.05, 0) is 61.0 Å². The molecule has 0 saturated heterocycles. The molecule has 0 heterocycles. The predicted octanol–water partition coefficient (Wildman–Crippen LogP) is 4.55. The highest BCUT2D eigenvalue weighted by Gasteiger charge is 2.13. The monoisotopic (exact) mass is 469 g/mol. The second-order valence-electron chi connectivity index (χ2n) is 6.68. The zero-order chi connectivity index (χ0) is 23.6. The zero-order valence-corrected chi connectivity index (χ0v) is 18.4. The van der Waals surface area contributed by atoms with Gasteiger partial charge in [0.15, 0.2) is 11.5 Å². The van der Waals surface area contributed by atoms with Crippen LogP contribution in [0, 0.1) is 5.82 Å². The molecule has 0 aliphatic carbocycles. The van der Waals surface area contributed by atoms with Crippen molar-refractivity contribution >= 4 is 35.3 Å².